The zero-order valence-electron chi connectivity index (χ0n) is 11.5. The van der Waals surface area contributed by atoms with Crippen LogP contribution in [0.2, 0.25) is 0 Å². The largest absolute Gasteiger partial charge is 0.315 e. The van der Waals surface area contributed by atoms with E-state index in [1.807, 2.05) is 6.92 Å². The van der Waals surface area contributed by atoms with Gasteiger partial charge in [-0.3, -0.25) is 9.52 Å². The molecule has 0 saturated carbocycles. The maximum Gasteiger partial charge on any atom is 0.235 e. The van der Waals surface area contributed by atoms with Gasteiger partial charge in [0.1, 0.15) is 0 Å². The number of aryl methyl sites for hydroxylation is 1. The predicted octanol–water partition coefficient (Wildman–Crippen LogP) is 1.66. The van der Waals surface area contributed by atoms with Gasteiger partial charge in [0, 0.05) is 12.7 Å². The number of anilines is 2. The molecule has 19 heavy (non-hydrogen) atoms. The first kappa shape index (κ1) is 13.9. The zero-order chi connectivity index (χ0) is 14.4. The fourth-order valence-electron chi connectivity index (χ4n) is 2.21. The summed E-state index contributed by atoms with van der Waals surface area (Å²) in [5, 5.41) is -0.495. The molecule has 1 amide bonds. The topological polar surface area (TPSA) is 66.5 Å². The van der Waals surface area contributed by atoms with Crippen LogP contribution in [0, 0.1) is 6.92 Å². The summed E-state index contributed by atoms with van der Waals surface area (Å²) in [4.78, 5) is 13.3. The van der Waals surface area contributed by atoms with Gasteiger partial charge in [-0.2, -0.15) is 0 Å². The Bertz CT molecular complexity index is 636. The number of benzene rings is 1. The summed E-state index contributed by atoms with van der Waals surface area (Å²) in [5.41, 5.74) is 3.17. The van der Waals surface area contributed by atoms with E-state index < -0.39 is 15.3 Å². The van der Waals surface area contributed by atoms with Crippen LogP contribution in [0.5, 0.6) is 0 Å². The van der Waals surface area contributed by atoms with Crippen LogP contribution in [0.25, 0.3) is 0 Å². The first-order valence-electron chi connectivity index (χ1n) is 6.14. The Morgan fingerprint density at radius 2 is 1.95 bits per heavy atom. The first-order chi connectivity index (χ1) is 8.72. The Balaban J connectivity index is 2.40. The van der Waals surface area contributed by atoms with Crippen LogP contribution >= 0.6 is 0 Å². The number of nitrogens with one attached hydrogen (secondary N) is 1. The van der Waals surface area contributed by atoms with E-state index in [1.165, 1.54) is 0 Å². The minimum atomic E-state index is -3.36. The molecule has 0 fully saturated rings. The van der Waals surface area contributed by atoms with Gasteiger partial charge >= 0.3 is 0 Å². The van der Waals surface area contributed by atoms with Crippen molar-refractivity contribution >= 4 is 27.3 Å². The molecular weight excluding hydrogens is 264 g/mol. The van der Waals surface area contributed by atoms with E-state index in [4.69, 9.17) is 0 Å². The highest BCUT2D eigenvalue weighted by Gasteiger charge is 2.27. The SMILES string of the molecule is Cc1cc(NS(=O)(=O)C(C)C)cc2c1N(C)C(=O)C2. The van der Waals surface area contributed by atoms with Gasteiger partial charge < -0.3 is 4.90 Å². The maximum absolute atomic E-state index is 11.9. The van der Waals surface area contributed by atoms with Crippen LogP contribution in [0.1, 0.15) is 25.0 Å². The molecule has 0 radical (unpaired) electrons. The Kier molecular flexibility index (Phi) is 3.30. The molecule has 1 aromatic carbocycles. The molecule has 0 aromatic heterocycles. The molecule has 0 spiro atoms. The Morgan fingerprint density at radius 1 is 1.32 bits per heavy atom. The second-order valence-corrected chi connectivity index (χ2v) is 7.36. The number of carbonyl (C=O) groups is 1. The van der Waals surface area contributed by atoms with Crippen molar-refractivity contribution in [1.29, 1.82) is 0 Å². The van der Waals surface area contributed by atoms with Gasteiger partial charge in [0.05, 0.1) is 17.4 Å². The van der Waals surface area contributed by atoms with Crippen molar-refractivity contribution in [3.63, 3.8) is 0 Å². The molecule has 0 bridgehead atoms. The highest BCUT2D eigenvalue weighted by molar-refractivity contribution is 7.93. The summed E-state index contributed by atoms with van der Waals surface area (Å²) in [6, 6.07) is 3.50. The quantitative estimate of drug-likeness (QED) is 0.917. The highest BCUT2D eigenvalue weighted by atomic mass is 32.2. The van der Waals surface area contributed by atoms with Crippen molar-refractivity contribution in [3.8, 4) is 0 Å². The Labute approximate surface area is 113 Å². The van der Waals surface area contributed by atoms with Crippen LogP contribution in [-0.4, -0.2) is 26.6 Å². The van der Waals surface area contributed by atoms with E-state index in [9.17, 15) is 13.2 Å². The van der Waals surface area contributed by atoms with Crippen molar-refractivity contribution < 1.29 is 13.2 Å². The summed E-state index contributed by atoms with van der Waals surface area (Å²) < 4.78 is 26.3. The van der Waals surface area contributed by atoms with Crippen molar-refractivity contribution in [2.45, 2.75) is 32.4 Å². The Hall–Kier alpha value is -1.56. The van der Waals surface area contributed by atoms with Crippen LogP contribution in [-0.2, 0) is 21.2 Å². The molecule has 1 aromatic rings. The number of rotatable bonds is 3. The summed E-state index contributed by atoms with van der Waals surface area (Å²) in [7, 11) is -1.63. The number of likely N-dealkylation sites (N-methyl/N-ethyl adjacent to an activating group) is 1. The number of carbonyl (C=O) groups excluding carboxylic acids is 1. The van der Waals surface area contributed by atoms with E-state index in [0.29, 0.717) is 12.1 Å². The molecule has 6 heteroatoms. The normalized spacial score (nSPS) is 15.0. The number of sulfonamides is 1. The lowest BCUT2D eigenvalue weighted by Gasteiger charge is -2.16. The molecule has 1 aliphatic heterocycles. The molecule has 0 saturated heterocycles. The van der Waals surface area contributed by atoms with Gasteiger partial charge in [0.15, 0.2) is 0 Å². The van der Waals surface area contributed by atoms with Crippen molar-refractivity contribution in [3.05, 3.63) is 23.3 Å². The second-order valence-electron chi connectivity index (χ2n) is 5.13. The molecule has 104 valence electrons. The summed E-state index contributed by atoms with van der Waals surface area (Å²) in [6.45, 7) is 5.13. The minimum Gasteiger partial charge on any atom is -0.315 e. The summed E-state index contributed by atoms with van der Waals surface area (Å²) >= 11 is 0. The standard InChI is InChI=1S/C13H18N2O3S/c1-8(2)19(17,18)14-11-5-9(3)13-10(6-11)7-12(16)15(13)4/h5-6,8,14H,7H2,1-4H3. The van der Waals surface area contributed by atoms with Crippen LogP contribution in [0.4, 0.5) is 11.4 Å². The smallest absolute Gasteiger partial charge is 0.235 e. The first-order valence-corrected chi connectivity index (χ1v) is 7.68. The van der Waals surface area contributed by atoms with Crippen molar-refractivity contribution in [1.82, 2.24) is 0 Å². The van der Waals surface area contributed by atoms with Crippen molar-refractivity contribution in [2.75, 3.05) is 16.7 Å². The third kappa shape index (κ3) is 2.45. The van der Waals surface area contributed by atoms with Gasteiger partial charge in [-0.15, -0.1) is 0 Å². The Morgan fingerprint density at radius 3 is 2.53 bits per heavy atom. The van der Waals surface area contributed by atoms with E-state index in [-0.39, 0.29) is 5.91 Å². The average Bonchev–Trinajstić information content (AvgIpc) is 2.53. The van der Waals surface area contributed by atoms with Gasteiger partial charge in [-0.25, -0.2) is 8.42 Å². The van der Waals surface area contributed by atoms with Gasteiger partial charge in [0.25, 0.3) is 0 Å². The van der Waals surface area contributed by atoms with E-state index in [1.54, 1.807) is 37.9 Å². The van der Waals surface area contributed by atoms with E-state index >= 15 is 0 Å². The molecule has 0 aliphatic carbocycles. The third-order valence-corrected chi connectivity index (χ3v) is 5.07. The molecular formula is C13H18N2O3S. The monoisotopic (exact) mass is 282 g/mol. The van der Waals surface area contributed by atoms with E-state index in [2.05, 4.69) is 4.72 Å². The molecule has 5 nitrogen and oxygen atoms in total. The molecule has 1 heterocycles. The lowest BCUT2D eigenvalue weighted by Crippen LogP contribution is -2.22. The molecule has 1 N–H and O–H groups in total. The summed E-state index contributed by atoms with van der Waals surface area (Å²) in [5.74, 6) is 0.0296. The van der Waals surface area contributed by atoms with E-state index in [0.717, 1.165) is 16.8 Å². The third-order valence-electron chi connectivity index (χ3n) is 3.31. The number of amides is 1. The highest BCUT2D eigenvalue weighted by Crippen LogP contribution is 2.34. The van der Waals surface area contributed by atoms with Gasteiger partial charge in [0.2, 0.25) is 15.9 Å². The van der Waals surface area contributed by atoms with Gasteiger partial charge in [-0.1, -0.05) is 0 Å². The fraction of sp³-hybridized carbons (Fsp3) is 0.462. The lowest BCUT2D eigenvalue weighted by molar-refractivity contribution is -0.117. The number of hydrogen-bond donors (Lipinski definition) is 1. The fourth-order valence-corrected chi connectivity index (χ4v) is 2.90. The summed E-state index contributed by atoms with van der Waals surface area (Å²) in [6.07, 6.45) is 0.323. The average molecular weight is 282 g/mol. The maximum atomic E-state index is 11.9. The van der Waals surface area contributed by atoms with Crippen molar-refractivity contribution in [2.24, 2.45) is 0 Å². The van der Waals surface area contributed by atoms with Crippen LogP contribution < -0.4 is 9.62 Å². The molecule has 0 unspecified atom stereocenters. The van der Waals surface area contributed by atoms with Crippen LogP contribution in [0.15, 0.2) is 12.1 Å². The minimum absolute atomic E-state index is 0.0296. The molecule has 2 rings (SSSR count). The lowest BCUT2D eigenvalue weighted by atomic mass is 10.1. The zero-order valence-corrected chi connectivity index (χ0v) is 12.3. The van der Waals surface area contributed by atoms with Gasteiger partial charge in [-0.05, 0) is 44.0 Å². The van der Waals surface area contributed by atoms with Crippen LogP contribution in [0.3, 0.4) is 0 Å². The number of hydrogen-bond acceptors (Lipinski definition) is 3. The predicted molar refractivity (Wildman–Crippen MR) is 76.0 cm³/mol. The second kappa shape index (κ2) is 4.52. The molecule has 0 atom stereocenters. The number of nitrogens with zero attached hydrogens (tertiary/aromatic N) is 1. The number of fused-ring (bicyclic) bond motifs is 1. The molecule has 1 aliphatic rings.